The van der Waals surface area contributed by atoms with Crippen LogP contribution in [0.25, 0.3) is 0 Å². The van der Waals surface area contributed by atoms with Gasteiger partial charge >= 0.3 is 0 Å². The maximum Gasteiger partial charge on any atom is 0.00939 e. The second kappa shape index (κ2) is 6.91. The van der Waals surface area contributed by atoms with Gasteiger partial charge in [0.15, 0.2) is 0 Å². The third kappa shape index (κ3) is 5.91. The molecule has 0 atom stereocenters. The SMILES string of the molecule is C#CCCCSCC. The van der Waals surface area contributed by atoms with Crippen LogP contribution in [-0.4, -0.2) is 11.5 Å². The lowest BCUT2D eigenvalue weighted by Gasteiger charge is -1.91. The van der Waals surface area contributed by atoms with Gasteiger partial charge in [0.1, 0.15) is 0 Å². The Balaban J connectivity index is 2.65. The summed E-state index contributed by atoms with van der Waals surface area (Å²) in [6.07, 6.45) is 7.16. The van der Waals surface area contributed by atoms with E-state index >= 15 is 0 Å². The van der Waals surface area contributed by atoms with E-state index in [2.05, 4.69) is 12.8 Å². The molecule has 0 aliphatic heterocycles. The zero-order valence-electron chi connectivity index (χ0n) is 5.31. The lowest BCUT2D eigenvalue weighted by Crippen LogP contribution is -1.77. The van der Waals surface area contributed by atoms with E-state index in [0.29, 0.717) is 0 Å². The van der Waals surface area contributed by atoms with Crippen molar-refractivity contribution in [1.82, 2.24) is 0 Å². The molecule has 0 aromatic heterocycles. The first-order valence-corrected chi connectivity index (χ1v) is 4.08. The molecule has 0 saturated heterocycles. The quantitative estimate of drug-likeness (QED) is 0.413. The molecule has 0 bridgehead atoms. The molecule has 0 saturated carbocycles. The summed E-state index contributed by atoms with van der Waals surface area (Å²) in [7, 11) is 0. The molecule has 8 heavy (non-hydrogen) atoms. The van der Waals surface area contributed by atoms with Crippen molar-refractivity contribution in [2.75, 3.05) is 11.5 Å². The molecule has 0 nitrogen and oxygen atoms in total. The van der Waals surface area contributed by atoms with Gasteiger partial charge in [0, 0.05) is 6.42 Å². The van der Waals surface area contributed by atoms with Gasteiger partial charge in [-0.25, -0.2) is 0 Å². The second-order valence-corrected chi connectivity index (χ2v) is 2.90. The van der Waals surface area contributed by atoms with E-state index in [4.69, 9.17) is 6.42 Å². The van der Waals surface area contributed by atoms with Gasteiger partial charge in [-0.2, -0.15) is 11.8 Å². The Hall–Kier alpha value is -0.0900. The summed E-state index contributed by atoms with van der Waals surface area (Å²) in [5, 5.41) is 0. The lowest BCUT2D eigenvalue weighted by atomic mass is 10.4. The smallest absolute Gasteiger partial charge is 0.00939 e. The fourth-order valence-corrected chi connectivity index (χ4v) is 1.06. The molecule has 0 aromatic carbocycles. The maximum atomic E-state index is 5.05. The molecule has 0 unspecified atom stereocenters. The second-order valence-electron chi connectivity index (χ2n) is 1.50. The summed E-state index contributed by atoms with van der Waals surface area (Å²) >= 11 is 1.95. The lowest BCUT2D eigenvalue weighted by molar-refractivity contribution is 0.998. The van der Waals surface area contributed by atoms with Gasteiger partial charge in [0.25, 0.3) is 0 Å². The summed E-state index contributed by atoms with van der Waals surface area (Å²) in [4.78, 5) is 0. The molecule has 0 N–H and O–H groups in total. The summed E-state index contributed by atoms with van der Waals surface area (Å²) in [6.45, 7) is 2.17. The Morgan fingerprint density at radius 1 is 1.62 bits per heavy atom. The predicted octanol–water partition coefficient (Wildman–Crippen LogP) is 2.15. The molecule has 0 aliphatic carbocycles. The summed E-state index contributed by atoms with van der Waals surface area (Å²) in [6, 6.07) is 0. The molecule has 0 radical (unpaired) electrons. The van der Waals surface area contributed by atoms with Crippen molar-refractivity contribution in [2.45, 2.75) is 19.8 Å². The van der Waals surface area contributed by atoms with E-state index in [1.807, 2.05) is 11.8 Å². The predicted molar refractivity (Wildman–Crippen MR) is 41.1 cm³/mol. The van der Waals surface area contributed by atoms with Gasteiger partial charge in [0.05, 0.1) is 0 Å². The van der Waals surface area contributed by atoms with Crippen molar-refractivity contribution in [1.29, 1.82) is 0 Å². The zero-order chi connectivity index (χ0) is 6.24. The van der Waals surface area contributed by atoms with Crippen molar-refractivity contribution in [3.63, 3.8) is 0 Å². The van der Waals surface area contributed by atoms with Crippen molar-refractivity contribution < 1.29 is 0 Å². The molecular formula is C7H12S. The number of rotatable bonds is 4. The first kappa shape index (κ1) is 7.91. The van der Waals surface area contributed by atoms with Crippen LogP contribution in [0, 0.1) is 12.3 Å². The minimum Gasteiger partial charge on any atom is -0.162 e. The topological polar surface area (TPSA) is 0 Å². The van der Waals surface area contributed by atoms with E-state index in [1.54, 1.807) is 0 Å². The van der Waals surface area contributed by atoms with Crippen LogP contribution in [0.15, 0.2) is 0 Å². The maximum absolute atomic E-state index is 5.05. The van der Waals surface area contributed by atoms with E-state index in [-0.39, 0.29) is 0 Å². The number of hydrogen-bond donors (Lipinski definition) is 0. The van der Waals surface area contributed by atoms with Crippen LogP contribution < -0.4 is 0 Å². The minimum absolute atomic E-state index is 0.938. The number of hydrogen-bond acceptors (Lipinski definition) is 1. The summed E-state index contributed by atoms with van der Waals surface area (Å²) < 4.78 is 0. The average Bonchev–Trinajstić information content (AvgIpc) is 1.81. The fraction of sp³-hybridized carbons (Fsp3) is 0.714. The highest BCUT2D eigenvalue weighted by Crippen LogP contribution is 2.01. The molecule has 0 aromatic rings. The largest absolute Gasteiger partial charge is 0.162 e. The first-order chi connectivity index (χ1) is 3.91. The summed E-state index contributed by atoms with van der Waals surface area (Å²) in [5.41, 5.74) is 0. The van der Waals surface area contributed by atoms with E-state index in [0.717, 1.165) is 6.42 Å². The third-order valence-corrected chi connectivity index (χ3v) is 1.80. The van der Waals surface area contributed by atoms with E-state index < -0.39 is 0 Å². The van der Waals surface area contributed by atoms with Crippen LogP contribution in [0.5, 0.6) is 0 Å². The van der Waals surface area contributed by atoms with E-state index in [9.17, 15) is 0 Å². The minimum atomic E-state index is 0.938. The first-order valence-electron chi connectivity index (χ1n) is 2.93. The number of thioether (sulfide) groups is 1. The Bertz CT molecular complexity index is 70.9. The van der Waals surface area contributed by atoms with Gasteiger partial charge in [0.2, 0.25) is 0 Å². The molecule has 0 rings (SSSR count). The number of terminal acetylenes is 1. The molecular weight excluding hydrogens is 116 g/mol. The highest BCUT2D eigenvalue weighted by Gasteiger charge is 1.81. The zero-order valence-corrected chi connectivity index (χ0v) is 6.13. The molecule has 0 heterocycles. The van der Waals surface area contributed by atoms with Crippen molar-refractivity contribution in [3.8, 4) is 12.3 Å². The van der Waals surface area contributed by atoms with Crippen LogP contribution in [0.1, 0.15) is 19.8 Å². The monoisotopic (exact) mass is 128 g/mol. The van der Waals surface area contributed by atoms with Crippen LogP contribution in [0.4, 0.5) is 0 Å². The van der Waals surface area contributed by atoms with Crippen molar-refractivity contribution >= 4 is 11.8 Å². The highest BCUT2D eigenvalue weighted by atomic mass is 32.2. The Labute approximate surface area is 56.1 Å². The molecule has 0 spiro atoms. The number of unbranched alkanes of at least 4 members (excludes halogenated alkanes) is 1. The van der Waals surface area contributed by atoms with Crippen LogP contribution in [0.2, 0.25) is 0 Å². The Morgan fingerprint density at radius 2 is 2.38 bits per heavy atom. The van der Waals surface area contributed by atoms with Gasteiger partial charge in [-0.05, 0) is 17.9 Å². The fourth-order valence-electron chi connectivity index (χ4n) is 0.421. The van der Waals surface area contributed by atoms with E-state index in [1.165, 1.54) is 17.9 Å². The Morgan fingerprint density at radius 3 is 2.88 bits per heavy atom. The average molecular weight is 128 g/mol. The summed E-state index contributed by atoms with van der Waals surface area (Å²) in [5.74, 6) is 5.05. The highest BCUT2D eigenvalue weighted by molar-refractivity contribution is 7.99. The van der Waals surface area contributed by atoms with Crippen LogP contribution in [-0.2, 0) is 0 Å². The molecule has 0 amide bonds. The van der Waals surface area contributed by atoms with Gasteiger partial charge < -0.3 is 0 Å². The molecule has 46 valence electrons. The Kier molecular flexibility index (Phi) is 6.83. The van der Waals surface area contributed by atoms with Gasteiger partial charge in [-0.1, -0.05) is 6.92 Å². The standard InChI is InChI=1S/C7H12S/c1-3-5-6-7-8-4-2/h1H,4-7H2,2H3. The third-order valence-electron chi connectivity index (χ3n) is 0.814. The van der Waals surface area contributed by atoms with Crippen LogP contribution in [0.3, 0.4) is 0 Å². The van der Waals surface area contributed by atoms with Crippen molar-refractivity contribution in [2.24, 2.45) is 0 Å². The normalized spacial score (nSPS) is 8.50. The molecule has 1 heteroatoms. The molecule has 0 fully saturated rings. The van der Waals surface area contributed by atoms with Crippen LogP contribution >= 0.6 is 11.8 Å². The van der Waals surface area contributed by atoms with Crippen molar-refractivity contribution in [3.05, 3.63) is 0 Å². The molecule has 0 aliphatic rings. The van der Waals surface area contributed by atoms with Gasteiger partial charge in [-0.3, -0.25) is 0 Å². The van der Waals surface area contributed by atoms with Gasteiger partial charge in [-0.15, -0.1) is 12.3 Å².